The van der Waals surface area contributed by atoms with Crippen LogP contribution in [0, 0.1) is 0 Å². The quantitative estimate of drug-likeness (QED) is 0.220. The smallest absolute Gasteiger partial charge is 0.336 e. The van der Waals surface area contributed by atoms with E-state index in [2.05, 4.69) is 6.92 Å². The molecule has 0 saturated carbocycles. The highest BCUT2D eigenvalue weighted by Crippen LogP contribution is 2.31. The van der Waals surface area contributed by atoms with E-state index in [1.54, 1.807) is 18.2 Å². The van der Waals surface area contributed by atoms with Crippen molar-refractivity contribution in [2.24, 2.45) is 0 Å². The Morgan fingerprint density at radius 1 is 0.794 bits per heavy atom. The number of benzene rings is 3. The minimum absolute atomic E-state index is 0.234. The molecule has 0 radical (unpaired) electrons. The Morgan fingerprint density at radius 3 is 1.91 bits per heavy atom. The Bertz CT molecular complexity index is 1070. The number of unbranched alkanes of at least 4 members (excludes halogenated alkanes) is 1. The summed E-state index contributed by atoms with van der Waals surface area (Å²) in [4.78, 5) is 21.8. The van der Waals surface area contributed by atoms with E-state index in [4.69, 9.17) is 9.47 Å². The van der Waals surface area contributed by atoms with Crippen LogP contribution in [0.15, 0.2) is 66.7 Å². The number of aromatic carboxylic acids is 1. The Balaban J connectivity index is 1.74. The lowest BCUT2D eigenvalue weighted by atomic mass is 9.96. The van der Waals surface area contributed by atoms with Gasteiger partial charge in [-0.3, -0.25) is 0 Å². The monoisotopic (exact) mass is 478 g/mol. The van der Waals surface area contributed by atoms with Crippen LogP contribution in [0.5, 0.6) is 11.5 Å². The van der Waals surface area contributed by atoms with Gasteiger partial charge in [0.25, 0.3) is 0 Å². The van der Waals surface area contributed by atoms with Crippen LogP contribution in [-0.2, 0) is 0 Å². The Morgan fingerprint density at radius 2 is 1.32 bits per heavy atom. The summed E-state index contributed by atoms with van der Waals surface area (Å²) >= 11 is 0. The minimum Gasteiger partial charge on any atom is -0.494 e. The van der Waals surface area contributed by atoms with Crippen molar-refractivity contribution in [3.05, 3.63) is 72.3 Å². The summed E-state index contributed by atoms with van der Waals surface area (Å²) < 4.78 is 11.6. The zero-order valence-corrected chi connectivity index (χ0v) is 21.2. The number of carboxylic acids is 1. The number of rotatable bonds is 12. The Labute approximate surface area is 203 Å². The van der Waals surface area contributed by atoms with Crippen LogP contribution in [0.1, 0.15) is 36.5 Å². The second kappa shape index (κ2) is 11.9. The minimum atomic E-state index is -2.09. The van der Waals surface area contributed by atoms with Gasteiger partial charge >= 0.3 is 5.97 Å². The highest BCUT2D eigenvalue weighted by atomic mass is 28.4. The summed E-state index contributed by atoms with van der Waals surface area (Å²) in [6.45, 7) is 7.17. The first-order chi connectivity index (χ1) is 16.3. The predicted molar refractivity (Wildman–Crippen MR) is 139 cm³/mol. The second-order valence-corrected chi connectivity index (χ2v) is 13.2. The van der Waals surface area contributed by atoms with Gasteiger partial charge in [0.15, 0.2) is 8.32 Å². The lowest BCUT2D eigenvalue weighted by molar-refractivity contribution is 0.0697. The van der Waals surface area contributed by atoms with E-state index < -0.39 is 14.3 Å². The fourth-order valence-corrected chi connectivity index (χ4v) is 4.66. The molecule has 0 spiro atoms. The summed E-state index contributed by atoms with van der Waals surface area (Å²) in [7, 11) is -2.09. The van der Waals surface area contributed by atoms with E-state index in [0.717, 1.165) is 54.4 Å². The van der Waals surface area contributed by atoms with Crippen molar-refractivity contribution in [3.63, 3.8) is 0 Å². The van der Waals surface area contributed by atoms with Crippen LogP contribution in [0.3, 0.4) is 0 Å². The maximum Gasteiger partial charge on any atom is 0.336 e. The van der Waals surface area contributed by atoms with Gasteiger partial charge in [-0.2, -0.15) is 0 Å². The zero-order valence-electron chi connectivity index (χ0n) is 20.2. The average Bonchev–Trinajstić information content (AvgIpc) is 2.82. The summed E-state index contributed by atoms with van der Waals surface area (Å²) in [5.41, 5.74) is 3.78. The molecule has 0 fully saturated rings. The van der Waals surface area contributed by atoms with Gasteiger partial charge in [-0.15, -0.1) is 0 Å². The average molecular weight is 479 g/mol. The summed E-state index contributed by atoms with van der Waals surface area (Å²) in [5, 5.41) is 9.68. The Kier molecular flexibility index (Phi) is 8.90. The molecule has 5 nitrogen and oxygen atoms in total. The predicted octanol–water partition coefficient (Wildman–Crippen LogP) is 6.86. The molecule has 0 saturated heterocycles. The number of hydrogen-bond donors (Lipinski definition) is 2. The van der Waals surface area contributed by atoms with Crippen molar-refractivity contribution in [1.29, 1.82) is 0 Å². The SMILES string of the molecule is CCCCOc1ccc(-c2ccc(-c3cc(OCCC[Si](C)(C)O)ccc3C(=O)O)cc2)cc1. The van der Waals surface area contributed by atoms with Gasteiger partial charge in [0.1, 0.15) is 11.5 Å². The van der Waals surface area contributed by atoms with Crippen LogP contribution in [0.2, 0.25) is 19.1 Å². The number of ether oxygens (including phenoxy) is 2. The fourth-order valence-electron chi connectivity index (χ4n) is 3.65. The van der Waals surface area contributed by atoms with E-state index in [9.17, 15) is 14.7 Å². The van der Waals surface area contributed by atoms with Crippen molar-refractivity contribution >= 4 is 14.3 Å². The van der Waals surface area contributed by atoms with Crippen molar-refractivity contribution in [2.45, 2.75) is 45.3 Å². The van der Waals surface area contributed by atoms with Gasteiger partial charge in [0, 0.05) is 0 Å². The highest BCUT2D eigenvalue weighted by molar-refractivity contribution is 6.69. The molecule has 3 aromatic rings. The van der Waals surface area contributed by atoms with Gasteiger partial charge < -0.3 is 19.4 Å². The van der Waals surface area contributed by atoms with Crippen LogP contribution < -0.4 is 9.47 Å². The van der Waals surface area contributed by atoms with Crippen molar-refractivity contribution in [3.8, 4) is 33.8 Å². The van der Waals surface area contributed by atoms with E-state index in [0.29, 0.717) is 17.9 Å². The van der Waals surface area contributed by atoms with Crippen LogP contribution in [0.25, 0.3) is 22.3 Å². The van der Waals surface area contributed by atoms with Gasteiger partial charge in [-0.05, 0) is 84.6 Å². The van der Waals surface area contributed by atoms with Crippen molar-refractivity contribution < 1.29 is 24.2 Å². The normalized spacial score (nSPS) is 11.3. The molecule has 2 N–H and O–H groups in total. The molecule has 0 atom stereocenters. The lowest BCUT2D eigenvalue weighted by Crippen LogP contribution is -2.25. The number of carbonyl (C=O) groups is 1. The number of carboxylic acid groups (broad SMARTS) is 1. The molecule has 3 rings (SSSR count). The van der Waals surface area contributed by atoms with Crippen LogP contribution >= 0.6 is 0 Å². The van der Waals surface area contributed by atoms with Gasteiger partial charge in [0.05, 0.1) is 18.8 Å². The maximum absolute atomic E-state index is 11.8. The standard InChI is InChI=1S/C28H34O5Si/c1-4-5-17-32-24-13-11-22(12-14-24)21-7-9-23(10-8-21)27-20-25(15-16-26(27)28(29)30)33-18-6-19-34(2,3)31/h7-16,20,31H,4-6,17-19H2,1-3H3,(H,29,30). The molecule has 0 aromatic heterocycles. The highest BCUT2D eigenvalue weighted by Gasteiger charge is 2.16. The van der Waals surface area contributed by atoms with E-state index in [1.807, 2.05) is 61.6 Å². The lowest BCUT2D eigenvalue weighted by Gasteiger charge is -2.15. The molecule has 0 aliphatic carbocycles. The third-order valence-electron chi connectivity index (χ3n) is 5.57. The van der Waals surface area contributed by atoms with Crippen LogP contribution in [0.4, 0.5) is 0 Å². The molecular weight excluding hydrogens is 444 g/mol. The first-order valence-corrected chi connectivity index (χ1v) is 15.0. The van der Waals surface area contributed by atoms with Gasteiger partial charge in [0.2, 0.25) is 0 Å². The van der Waals surface area contributed by atoms with Gasteiger partial charge in [-0.1, -0.05) is 49.7 Å². The molecule has 0 bridgehead atoms. The molecule has 0 unspecified atom stereocenters. The third kappa shape index (κ3) is 7.47. The molecule has 0 aliphatic rings. The molecule has 0 amide bonds. The van der Waals surface area contributed by atoms with Gasteiger partial charge in [-0.25, -0.2) is 4.79 Å². The topological polar surface area (TPSA) is 76.0 Å². The summed E-state index contributed by atoms with van der Waals surface area (Å²) in [6.07, 6.45) is 2.91. The molecule has 180 valence electrons. The maximum atomic E-state index is 11.8. The molecule has 3 aromatic carbocycles. The fraction of sp³-hybridized carbons (Fsp3) is 0.321. The number of hydrogen-bond acceptors (Lipinski definition) is 4. The molecule has 6 heteroatoms. The molecule has 0 aliphatic heterocycles. The van der Waals surface area contributed by atoms with Crippen LogP contribution in [-0.4, -0.2) is 37.4 Å². The van der Waals surface area contributed by atoms with E-state index >= 15 is 0 Å². The summed E-state index contributed by atoms with van der Waals surface area (Å²) in [6, 6.07) is 21.7. The largest absolute Gasteiger partial charge is 0.494 e. The second-order valence-electron chi connectivity index (χ2n) is 9.08. The summed E-state index contributed by atoms with van der Waals surface area (Å²) in [5.74, 6) is 0.513. The first kappa shape index (κ1) is 25.5. The third-order valence-corrected chi connectivity index (χ3v) is 7.15. The molecular formula is C28H34O5Si. The Hall–Kier alpha value is -3.09. The van der Waals surface area contributed by atoms with E-state index in [-0.39, 0.29) is 5.56 Å². The zero-order chi connectivity index (χ0) is 24.6. The molecule has 0 heterocycles. The van der Waals surface area contributed by atoms with Crippen molar-refractivity contribution in [1.82, 2.24) is 0 Å². The first-order valence-electron chi connectivity index (χ1n) is 11.8. The van der Waals surface area contributed by atoms with E-state index in [1.165, 1.54) is 0 Å². The molecule has 34 heavy (non-hydrogen) atoms. The van der Waals surface area contributed by atoms with Crippen molar-refractivity contribution in [2.75, 3.05) is 13.2 Å².